The monoisotopic (exact) mass is 455 g/mol. The molecule has 0 fully saturated rings. The zero-order valence-corrected chi connectivity index (χ0v) is 17.9. The van der Waals surface area contributed by atoms with Crippen LogP contribution in [0.1, 0.15) is 13.0 Å². The van der Waals surface area contributed by atoms with Crippen molar-refractivity contribution < 1.29 is 8.76 Å². The summed E-state index contributed by atoms with van der Waals surface area (Å²) in [5.74, 6) is 0.759. The number of aromatic nitrogens is 4. The molecular weight excluding hydrogens is 438 g/mol. The molecule has 11 heteroatoms. The summed E-state index contributed by atoms with van der Waals surface area (Å²) in [4.78, 5) is 17.3. The van der Waals surface area contributed by atoms with Crippen LogP contribution in [0.25, 0.3) is 11.2 Å². The molecular formula is C20H18ClN7O2S. The molecule has 158 valence electrons. The van der Waals surface area contributed by atoms with Gasteiger partial charge in [-0.15, -0.1) is 0 Å². The first-order valence-electron chi connectivity index (χ1n) is 9.18. The number of aliphatic imine (C=N–C) groups is 1. The molecule has 2 atom stereocenters. The fraction of sp³-hybridized carbons (Fsp3) is 0.100. The van der Waals surface area contributed by atoms with E-state index in [1.54, 1.807) is 29.1 Å². The first-order chi connectivity index (χ1) is 15.0. The van der Waals surface area contributed by atoms with Crippen LogP contribution in [0.15, 0.2) is 71.1 Å². The average Bonchev–Trinajstić information content (AvgIpc) is 3.19. The number of benzene rings is 2. The number of nitrogen functional groups attached to an aromatic ring is 1. The molecule has 0 saturated carbocycles. The molecule has 0 aliphatic carbocycles. The van der Waals surface area contributed by atoms with E-state index in [-0.39, 0.29) is 21.4 Å². The molecule has 4 N–H and O–H groups in total. The zero-order chi connectivity index (χ0) is 22.0. The lowest BCUT2D eigenvalue weighted by Crippen LogP contribution is -2.24. The second-order valence-corrected chi connectivity index (χ2v) is 7.90. The van der Waals surface area contributed by atoms with Crippen LogP contribution < -0.4 is 11.1 Å². The van der Waals surface area contributed by atoms with Crippen molar-refractivity contribution in [3.8, 4) is 0 Å². The van der Waals surface area contributed by atoms with Crippen molar-refractivity contribution in [3.63, 3.8) is 0 Å². The van der Waals surface area contributed by atoms with Crippen LogP contribution in [0.2, 0.25) is 5.02 Å². The Balaban J connectivity index is 1.85. The van der Waals surface area contributed by atoms with Crippen LogP contribution in [0.5, 0.6) is 0 Å². The van der Waals surface area contributed by atoms with Gasteiger partial charge in [0, 0.05) is 5.69 Å². The summed E-state index contributed by atoms with van der Waals surface area (Å²) < 4.78 is 23.4. The molecule has 0 spiro atoms. The highest BCUT2D eigenvalue weighted by molar-refractivity contribution is 7.79. The van der Waals surface area contributed by atoms with Gasteiger partial charge in [0.25, 0.3) is 0 Å². The summed E-state index contributed by atoms with van der Waals surface area (Å²) >= 11 is 3.84. The maximum absolute atomic E-state index is 11.9. The van der Waals surface area contributed by atoms with E-state index >= 15 is 0 Å². The van der Waals surface area contributed by atoms with Gasteiger partial charge in [-0.05, 0) is 31.2 Å². The Morgan fingerprint density at radius 2 is 1.97 bits per heavy atom. The Hall–Kier alpha value is -3.34. The van der Waals surface area contributed by atoms with Gasteiger partial charge in [0.15, 0.2) is 22.5 Å². The third-order valence-electron chi connectivity index (χ3n) is 4.61. The highest BCUT2D eigenvalue weighted by Gasteiger charge is 2.20. The quantitative estimate of drug-likeness (QED) is 0.235. The lowest BCUT2D eigenvalue weighted by molar-refractivity contribution is 0.564. The molecule has 0 amide bonds. The molecule has 0 saturated heterocycles. The van der Waals surface area contributed by atoms with Crippen molar-refractivity contribution in [2.24, 2.45) is 4.99 Å². The van der Waals surface area contributed by atoms with Crippen LogP contribution in [-0.4, -0.2) is 34.1 Å². The van der Waals surface area contributed by atoms with Gasteiger partial charge in [0.05, 0.1) is 23.1 Å². The van der Waals surface area contributed by atoms with Crippen molar-refractivity contribution in [2.75, 3.05) is 11.1 Å². The van der Waals surface area contributed by atoms with Gasteiger partial charge in [0.1, 0.15) is 22.6 Å². The third kappa shape index (κ3) is 4.26. The highest BCUT2D eigenvalue weighted by Crippen LogP contribution is 2.31. The topological polar surface area (TPSA) is 131 Å². The molecule has 0 aliphatic rings. The van der Waals surface area contributed by atoms with Crippen molar-refractivity contribution in [2.45, 2.75) is 17.9 Å². The van der Waals surface area contributed by atoms with E-state index in [1.807, 2.05) is 37.3 Å². The second-order valence-electron chi connectivity index (χ2n) is 6.58. The van der Waals surface area contributed by atoms with Gasteiger partial charge in [0.2, 0.25) is 0 Å². The van der Waals surface area contributed by atoms with E-state index < -0.39 is 17.1 Å². The minimum atomic E-state index is -2.31. The van der Waals surface area contributed by atoms with E-state index in [0.717, 1.165) is 5.69 Å². The number of nitrogens with one attached hydrogen (secondary N) is 1. The zero-order valence-electron chi connectivity index (χ0n) is 16.3. The number of hydrogen-bond acceptors (Lipinski definition) is 6. The Labute approximate surface area is 185 Å². The number of fused-ring (bicyclic) bond motifs is 1. The molecule has 0 radical (unpaired) electrons. The molecule has 0 aliphatic heterocycles. The van der Waals surface area contributed by atoms with Gasteiger partial charge in [-0.3, -0.25) is 0 Å². The highest BCUT2D eigenvalue weighted by atomic mass is 35.5. The van der Waals surface area contributed by atoms with Crippen molar-refractivity contribution in [3.05, 3.63) is 66.2 Å². The Morgan fingerprint density at radius 1 is 1.19 bits per heavy atom. The summed E-state index contributed by atoms with van der Waals surface area (Å²) in [6.45, 7) is 1.90. The largest absolute Gasteiger partial charge is 0.382 e. The molecule has 2 aromatic carbocycles. The molecule has 0 bridgehead atoms. The Bertz CT molecular complexity index is 1290. The van der Waals surface area contributed by atoms with Crippen molar-refractivity contribution in [1.29, 1.82) is 0 Å². The van der Waals surface area contributed by atoms with E-state index in [2.05, 4.69) is 25.3 Å². The van der Waals surface area contributed by atoms with E-state index in [1.165, 1.54) is 6.33 Å². The minimum Gasteiger partial charge on any atom is -0.382 e. The van der Waals surface area contributed by atoms with Gasteiger partial charge >= 0.3 is 0 Å². The summed E-state index contributed by atoms with van der Waals surface area (Å²) in [6.07, 6.45) is 2.97. The Kier molecular flexibility index (Phi) is 5.94. The summed E-state index contributed by atoms with van der Waals surface area (Å²) in [5, 5.41) is 3.44. The molecule has 2 aromatic heterocycles. The number of rotatable bonds is 5. The number of anilines is 2. The molecule has 4 rings (SSSR count). The second kappa shape index (κ2) is 8.80. The van der Waals surface area contributed by atoms with Crippen LogP contribution in [0.3, 0.4) is 0 Å². The number of amidine groups is 1. The number of para-hydroxylation sites is 1. The predicted octanol–water partition coefficient (Wildman–Crippen LogP) is 4.05. The standard InChI is InChI=1S/C20H18ClN7O2S/c1-12(28-11-25-16-18(22)23-10-24-20(16)28)19(26-13-6-3-2-4-7-13)27-15-9-5-8-14(21)17(15)31(29)30/h2-12H,1H3,(H,26,27)(H,29,30)(H2,22,23,24). The molecule has 2 heterocycles. The summed E-state index contributed by atoms with van der Waals surface area (Å²) in [6, 6.07) is 13.9. The van der Waals surface area contributed by atoms with E-state index in [0.29, 0.717) is 17.0 Å². The van der Waals surface area contributed by atoms with E-state index in [9.17, 15) is 8.76 Å². The number of nitrogens with zero attached hydrogens (tertiary/aromatic N) is 5. The van der Waals surface area contributed by atoms with Crippen molar-refractivity contribution in [1.82, 2.24) is 19.5 Å². The average molecular weight is 456 g/mol. The maximum Gasteiger partial charge on any atom is 0.190 e. The van der Waals surface area contributed by atoms with Gasteiger partial charge in [-0.25, -0.2) is 24.2 Å². The van der Waals surface area contributed by atoms with Crippen molar-refractivity contribution >= 4 is 56.9 Å². The third-order valence-corrected chi connectivity index (χ3v) is 5.81. The number of imidazole rings is 1. The van der Waals surface area contributed by atoms with E-state index in [4.69, 9.17) is 17.3 Å². The minimum absolute atomic E-state index is 0.0331. The number of nitrogens with two attached hydrogens (primary N) is 1. The van der Waals surface area contributed by atoms with Crippen LogP contribution >= 0.6 is 11.6 Å². The fourth-order valence-electron chi connectivity index (χ4n) is 3.07. The summed E-state index contributed by atoms with van der Waals surface area (Å²) in [7, 11) is 0. The fourth-order valence-corrected chi connectivity index (χ4v) is 3.96. The molecule has 4 aromatic rings. The van der Waals surface area contributed by atoms with Crippen LogP contribution in [0.4, 0.5) is 17.2 Å². The lowest BCUT2D eigenvalue weighted by atomic mass is 10.2. The first-order valence-corrected chi connectivity index (χ1v) is 10.7. The van der Waals surface area contributed by atoms with Gasteiger partial charge in [-0.2, -0.15) is 0 Å². The normalized spacial score (nSPS) is 13.8. The van der Waals surface area contributed by atoms with Gasteiger partial charge < -0.3 is 20.2 Å². The van der Waals surface area contributed by atoms with Crippen LogP contribution in [-0.2, 0) is 11.1 Å². The SMILES string of the molecule is CC(C(=Nc1cccc(Cl)c1S(=O)O)Nc1ccccc1)n1cnc2c(N)ncnc21. The molecule has 2 unspecified atom stereocenters. The smallest absolute Gasteiger partial charge is 0.190 e. The predicted molar refractivity (Wildman–Crippen MR) is 122 cm³/mol. The Morgan fingerprint density at radius 3 is 2.71 bits per heavy atom. The number of hydrogen-bond donors (Lipinski definition) is 3. The molecule has 31 heavy (non-hydrogen) atoms. The summed E-state index contributed by atoms with van der Waals surface area (Å²) in [5.41, 5.74) is 8.00. The van der Waals surface area contributed by atoms with Gasteiger partial charge in [-0.1, -0.05) is 35.9 Å². The first kappa shape index (κ1) is 20.9. The lowest BCUT2D eigenvalue weighted by Gasteiger charge is -2.19. The molecule has 9 nitrogen and oxygen atoms in total. The van der Waals surface area contributed by atoms with Crippen LogP contribution in [0, 0.1) is 0 Å². The number of halogens is 1. The maximum atomic E-state index is 11.9.